The van der Waals surface area contributed by atoms with Crippen LogP contribution in [0.5, 0.6) is 0 Å². The van der Waals surface area contributed by atoms with Crippen LogP contribution in [0.1, 0.15) is 66.8 Å². The molecule has 31 rings (SSSR count). The first-order valence-electron chi connectivity index (χ1n) is 48.6. The van der Waals surface area contributed by atoms with E-state index in [0.717, 1.165) is 102 Å². The zero-order valence-electron chi connectivity index (χ0n) is 76.5. The lowest BCUT2D eigenvalue weighted by molar-refractivity contribution is 0.797. The van der Waals surface area contributed by atoms with Crippen LogP contribution < -0.4 is 0 Å². The van der Waals surface area contributed by atoms with Crippen molar-refractivity contribution in [2.75, 3.05) is 0 Å². The Morgan fingerprint density at radius 3 is 0.759 bits per heavy atom. The average molecular weight is 1790 g/mol. The van der Waals surface area contributed by atoms with Crippen molar-refractivity contribution in [3.63, 3.8) is 0 Å². The van der Waals surface area contributed by atoms with Crippen LogP contribution >= 0.6 is 0 Å². The highest BCUT2D eigenvalue weighted by atomic mass is 14.9. The van der Waals surface area contributed by atoms with Crippen LogP contribution in [0.15, 0.2) is 497 Å². The van der Waals surface area contributed by atoms with Gasteiger partial charge >= 0.3 is 0 Å². The quantitative estimate of drug-likeness (QED) is 0.127. The molecule has 0 saturated heterocycles. The Morgan fingerprint density at radius 1 is 0.121 bits per heavy atom. The summed E-state index contributed by atoms with van der Waals surface area (Å²) in [7, 11) is 0. The molecule has 3 heterocycles. The lowest BCUT2D eigenvalue weighted by Crippen LogP contribution is -2.26. The summed E-state index contributed by atoms with van der Waals surface area (Å²) in [5, 5.41) is 16.0. The van der Waals surface area contributed by atoms with Gasteiger partial charge in [-0.25, -0.2) is 29.9 Å². The van der Waals surface area contributed by atoms with E-state index in [-0.39, 0.29) is 10.8 Å². The summed E-state index contributed by atoms with van der Waals surface area (Å²) in [4.78, 5) is 30.9. The molecule has 3 aromatic heterocycles. The van der Waals surface area contributed by atoms with E-state index in [0.29, 0.717) is 0 Å². The predicted octanol–water partition coefficient (Wildman–Crippen LogP) is 33.0. The molecule has 6 nitrogen and oxygen atoms in total. The maximum absolute atomic E-state index is 5.27. The normalized spacial score (nSPS) is 13.4. The van der Waals surface area contributed by atoms with Gasteiger partial charge in [0.25, 0.3) is 0 Å². The van der Waals surface area contributed by atoms with E-state index < -0.39 is 5.41 Å². The number of fused-ring (bicyclic) bond motifs is 21. The summed E-state index contributed by atoms with van der Waals surface area (Å²) in [6.07, 6.45) is 0. The third kappa shape index (κ3) is 11.8. The average Bonchev–Trinajstić information content (AvgIpc) is 1.50. The van der Waals surface area contributed by atoms with Gasteiger partial charge in [0.1, 0.15) is 0 Å². The van der Waals surface area contributed by atoms with Gasteiger partial charge in [0.05, 0.1) is 50.4 Å². The summed E-state index contributed by atoms with van der Waals surface area (Å²) >= 11 is 0. The number of hydrogen-bond acceptors (Lipinski definition) is 6. The van der Waals surface area contributed by atoms with Crippen LogP contribution in [0.3, 0.4) is 0 Å². The smallest absolute Gasteiger partial charge is 0.161 e. The number of benzene rings is 22. The van der Waals surface area contributed by atoms with E-state index in [2.05, 4.69) is 449 Å². The minimum atomic E-state index is -0.413. The van der Waals surface area contributed by atoms with Crippen LogP contribution in [-0.2, 0) is 16.2 Å². The lowest BCUT2D eigenvalue weighted by atomic mass is 9.70. The third-order valence-electron chi connectivity index (χ3n) is 30.8. The molecule has 0 bridgehead atoms. The highest BCUT2D eigenvalue weighted by molar-refractivity contribution is 6.21. The highest BCUT2D eigenvalue weighted by Crippen LogP contribution is 2.67. The van der Waals surface area contributed by atoms with Gasteiger partial charge in [-0.3, -0.25) is 0 Å². The topological polar surface area (TPSA) is 77.3 Å². The van der Waals surface area contributed by atoms with E-state index in [1.165, 1.54) is 176 Å². The van der Waals surface area contributed by atoms with E-state index in [4.69, 9.17) is 29.9 Å². The molecule has 0 radical (unpaired) electrons. The summed E-state index contributed by atoms with van der Waals surface area (Å²) in [5.41, 5.74) is 40.1. The van der Waals surface area contributed by atoms with Crippen LogP contribution in [0.25, 0.3) is 211 Å². The number of hydrogen-bond donors (Lipinski definition) is 0. The number of nitrogens with zero attached hydrogens (tertiary/aromatic N) is 6. The second-order valence-electron chi connectivity index (χ2n) is 37.9. The largest absolute Gasteiger partial charge is 0.228 e. The summed E-state index contributed by atoms with van der Waals surface area (Å²) in [6, 6.07) is 180. The van der Waals surface area contributed by atoms with Crippen molar-refractivity contribution >= 4 is 64.6 Å². The molecule has 3 spiro atoms. The van der Waals surface area contributed by atoms with Gasteiger partial charge in [-0.05, 0) is 206 Å². The molecular formula is C135H82N6. The van der Waals surface area contributed by atoms with Gasteiger partial charge in [-0.2, -0.15) is 0 Å². The van der Waals surface area contributed by atoms with E-state index in [9.17, 15) is 0 Å². The first kappa shape index (κ1) is 80.0. The molecule has 6 heteroatoms. The van der Waals surface area contributed by atoms with Gasteiger partial charge < -0.3 is 0 Å². The van der Waals surface area contributed by atoms with Crippen molar-refractivity contribution in [1.29, 1.82) is 0 Å². The van der Waals surface area contributed by atoms with Crippen molar-refractivity contribution in [2.45, 2.75) is 16.2 Å². The van der Waals surface area contributed by atoms with Gasteiger partial charge in [0.15, 0.2) is 17.5 Å². The fraction of sp³-hybridized carbons (Fsp3) is 0.0222. The minimum Gasteiger partial charge on any atom is -0.228 e. The fourth-order valence-electron chi connectivity index (χ4n) is 25.0. The maximum Gasteiger partial charge on any atom is 0.161 e. The summed E-state index contributed by atoms with van der Waals surface area (Å²) in [6.45, 7) is 0. The highest BCUT2D eigenvalue weighted by Gasteiger charge is 2.55. The maximum atomic E-state index is 5.27. The molecule has 25 aromatic rings. The molecular weight excluding hydrogens is 1710 g/mol. The zero-order chi connectivity index (χ0) is 92.6. The Labute approximate surface area is 815 Å². The SMILES string of the molecule is c1ccc(-c2cc(-c3ccc(-c4ccc5c(c4)C4(c6ccccc6-5)c5cccc6ccc7cccc4c7c56)cc3)nc(-c3ccccc3)n2)cc1.c1ccc(-c2cc(-c3ccccc3)nc(-c3ccc4c(c3)-c3ccccc3C43c4cccc5ccc6cccc3c6c45)n2)cc1.c1ccc(-c2cc(-c3ccccc3)nc(-c3cccc4c3-c3ccccc3C43c4cccc5ccc6cccc3c6c45)n2)cc1. The van der Waals surface area contributed by atoms with Crippen LogP contribution in [0.4, 0.5) is 0 Å². The number of aromatic nitrogens is 6. The van der Waals surface area contributed by atoms with Crippen molar-refractivity contribution in [1.82, 2.24) is 29.9 Å². The predicted molar refractivity (Wildman–Crippen MR) is 578 cm³/mol. The van der Waals surface area contributed by atoms with E-state index in [1.807, 2.05) is 48.5 Å². The van der Waals surface area contributed by atoms with Gasteiger partial charge in [-0.1, -0.05) is 467 Å². The Balaban J connectivity index is 0.000000102. The molecule has 0 fully saturated rings. The molecule has 0 N–H and O–H groups in total. The molecule has 0 atom stereocenters. The zero-order valence-corrected chi connectivity index (χ0v) is 76.5. The Bertz CT molecular complexity index is 9170. The standard InChI is InChI=1S/C49H30N2.2C43H26N2/c1-3-11-32(12-4-1)44-30-45(51-48(50-44)36-13-5-2-6-14-36)33-23-21-31(22-24-33)37-27-28-39-38-17-7-8-18-40(38)49(43(39)29-37)41-19-9-15-34-25-26-35-16-10-20-42(49)47(35)46(34)41;1-3-12-27(13-4-1)37-26-38(28-14-5-2-6-15-28)45-42(44-37)32-19-11-23-36-41(32)31-18-7-8-20-33(31)43(36)34-21-9-16-29-24-25-30-17-10-22-35(43)40(30)39(29)34;1-3-11-27(12-4-1)38-26-39(28-13-5-2-6-14-28)45-42(44-38)31-23-24-35-33(25-31)32-17-7-8-18-34(32)43(35)36-19-9-15-29-21-22-30-16-10-20-37(43)41(30)40(29)36/h1-30H;2*1-26H. The van der Waals surface area contributed by atoms with Gasteiger partial charge in [0.2, 0.25) is 0 Å². The monoisotopic (exact) mass is 1790 g/mol. The Hall–Kier alpha value is -18.4. The van der Waals surface area contributed by atoms with Crippen molar-refractivity contribution < 1.29 is 0 Å². The first-order valence-corrected chi connectivity index (χ1v) is 48.6. The Kier molecular flexibility index (Phi) is 17.8. The minimum absolute atomic E-state index is 0.366. The molecule has 6 aliphatic carbocycles. The number of rotatable bonds is 10. The molecule has 141 heavy (non-hydrogen) atoms. The molecule has 0 unspecified atom stereocenters. The van der Waals surface area contributed by atoms with Gasteiger partial charge in [-0.15, -0.1) is 0 Å². The lowest BCUT2D eigenvalue weighted by Gasteiger charge is -2.31. The molecule has 0 amide bonds. The summed E-state index contributed by atoms with van der Waals surface area (Å²) < 4.78 is 0. The third-order valence-corrected chi connectivity index (χ3v) is 30.8. The fourth-order valence-corrected chi connectivity index (χ4v) is 25.0. The van der Waals surface area contributed by atoms with Crippen molar-refractivity contribution in [3.05, 3.63) is 564 Å². The first-order chi connectivity index (χ1) is 69.9. The molecule has 22 aromatic carbocycles. The molecule has 0 saturated carbocycles. The summed E-state index contributed by atoms with van der Waals surface area (Å²) in [5.74, 6) is 2.20. The Morgan fingerprint density at radius 2 is 0.369 bits per heavy atom. The van der Waals surface area contributed by atoms with Crippen LogP contribution in [0, 0.1) is 0 Å². The van der Waals surface area contributed by atoms with Crippen molar-refractivity contribution in [3.8, 4) is 146 Å². The van der Waals surface area contributed by atoms with Crippen molar-refractivity contribution in [2.24, 2.45) is 0 Å². The molecule has 0 aliphatic heterocycles. The van der Waals surface area contributed by atoms with E-state index >= 15 is 0 Å². The van der Waals surface area contributed by atoms with E-state index in [1.54, 1.807) is 0 Å². The van der Waals surface area contributed by atoms with Crippen LogP contribution in [-0.4, -0.2) is 29.9 Å². The molecule has 6 aliphatic rings. The van der Waals surface area contributed by atoms with Gasteiger partial charge in [0, 0.05) is 50.1 Å². The second-order valence-corrected chi connectivity index (χ2v) is 37.9. The second kappa shape index (κ2) is 31.3. The van der Waals surface area contributed by atoms with Crippen LogP contribution in [0.2, 0.25) is 0 Å². The molecule has 652 valence electrons.